The molecule has 2 heteroatoms. The van der Waals surface area contributed by atoms with E-state index in [9.17, 15) is 0 Å². The van der Waals surface area contributed by atoms with Gasteiger partial charge in [0.1, 0.15) is 0 Å². The predicted molar refractivity (Wildman–Crippen MR) is 64.4 cm³/mol. The van der Waals surface area contributed by atoms with E-state index in [1.54, 1.807) is 0 Å². The van der Waals surface area contributed by atoms with Gasteiger partial charge in [0.15, 0.2) is 0 Å². The molecule has 0 spiro atoms. The third-order valence-electron chi connectivity index (χ3n) is 2.35. The Labute approximate surface area is 91.7 Å². The Kier molecular flexibility index (Phi) is 4.27. The summed E-state index contributed by atoms with van der Waals surface area (Å²) in [5, 5.41) is 0.264. The Hall–Kier alpha value is -0.690. The zero-order valence-electron chi connectivity index (χ0n) is 9.13. The summed E-state index contributed by atoms with van der Waals surface area (Å²) in [5.41, 5.74) is 2.55. The second-order valence-corrected chi connectivity index (χ2v) is 4.39. The first-order valence-electron chi connectivity index (χ1n) is 5.03. The number of anilines is 1. The molecule has 78 valence electrons. The van der Waals surface area contributed by atoms with E-state index in [-0.39, 0.29) is 5.38 Å². The van der Waals surface area contributed by atoms with Crippen LogP contribution in [0.25, 0.3) is 0 Å². The number of nitrogens with zero attached hydrogens (tertiary/aromatic N) is 1. The molecule has 14 heavy (non-hydrogen) atoms. The lowest BCUT2D eigenvalue weighted by atomic mass is 10.1. The lowest BCUT2D eigenvalue weighted by Gasteiger charge is -2.13. The van der Waals surface area contributed by atoms with Gasteiger partial charge in [0.25, 0.3) is 0 Å². The monoisotopic (exact) mass is 211 g/mol. The topological polar surface area (TPSA) is 3.24 Å². The number of rotatable bonds is 4. The van der Waals surface area contributed by atoms with Gasteiger partial charge >= 0.3 is 0 Å². The van der Waals surface area contributed by atoms with E-state index in [2.05, 4.69) is 36.1 Å². The maximum Gasteiger partial charge on any atom is 0.0373 e. The van der Waals surface area contributed by atoms with E-state index >= 15 is 0 Å². The van der Waals surface area contributed by atoms with Crippen molar-refractivity contribution >= 4 is 17.3 Å². The van der Waals surface area contributed by atoms with E-state index in [4.69, 9.17) is 11.6 Å². The fourth-order valence-electron chi connectivity index (χ4n) is 1.33. The summed E-state index contributed by atoms with van der Waals surface area (Å²) < 4.78 is 0. The van der Waals surface area contributed by atoms with Crippen molar-refractivity contribution in [3.8, 4) is 0 Å². The van der Waals surface area contributed by atoms with Gasteiger partial charge in [0.2, 0.25) is 0 Å². The van der Waals surface area contributed by atoms with Crippen LogP contribution in [0.4, 0.5) is 5.69 Å². The summed E-state index contributed by atoms with van der Waals surface area (Å²) in [6.45, 7) is 2.12. The molecule has 0 aliphatic carbocycles. The molecule has 0 heterocycles. The minimum Gasteiger partial charge on any atom is -0.378 e. The molecule has 0 amide bonds. The molecule has 0 saturated carbocycles. The molecule has 0 N–H and O–H groups in total. The van der Waals surface area contributed by atoms with Gasteiger partial charge in [-0.2, -0.15) is 0 Å². The van der Waals surface area contributed by atoms with Crippen LogP contribution in [0.2, 0.25) is 0 Å². The predicted octanol–water partition coefficient (Wildman–Crippen LogP) is 3.31. The molecule has 0 aliphatic heterocycles. The van der Waals surface area contributed by atoms with Crippen molar-refractivity contribution in [1.29, 1.82) is 0 Å². The van der Waals surface area contributed by atoms with Crippen LogP contribution in [0, 0.1) is 0 Å². The lowest BCUT2D eigenvalue weighted by molar-refractivity contribution is 0.805. The number of hydrogen-bond donors (Lipinski definition) is 0. The zero-order chi connectivity index (χ0) is 10.6. The van der Waals surface area contributed by atoms with Gasteiger partial charge in [-0.05, 0) is 30.5 Å². The average molecular weight is 212 g/mol. The first kappa shape index (κ1) is 11.4. The van der Waals surface area contributed by atoms with Gasteiger partial charge in [0.05, 0.1) is 0 Å². The Morgan fingerprint density at radius 3 is 2.21 bits per heavy atom. The van der Waals surface area contributed by atoms with Gasteiger partial charge in [-0.25, -0.2) is 0 Å². The van der Waals surface area contributed by atoms with Crippen LogP contribution in [0.3, 0.4) is 0 Å². The Balaban J connectivity index is 2.64. The third-order valence-corrected chi connectivity index (χ3v) is 2.82. The maximum absolute atomic E-state index is 6.09. The van der Waals surface area contributed by atoms with Gasteiger partial charge in [-0.3, -0.25) is 0 Å². The molecule has 1 aromatic carbocycles. The van der Waals surface area contributed by atoms with Crippen LogP contribution in [0.15, 0.2) is 24.3 Å². The van der Waals surface area contributed by atoms with Crippen molar-refractivity contribution in [2.45, 2.75) is 25.1 Å². The zero-order valence-corrected chi connectivity index (χ0v) is 9.88. The fourth-order valence-corrected chi connectivity index (χ4v) is 1.51. The SMILES string of the molecule is CCC(Cl)Cc1ccc(N(C)C)cc1. The highest BCUT2D eigenvalue weighted by Gasteiger charge is 2.03. The van der Waals surface area contributed by atoms with Crippen molar-refractivity contribution < 1.29 is 0 Å². The van der Waals surface area contributed by atoms with Gasteiger partial charge in [-0.1, -0.05) is 19.1 Å². The highest BCUT2D eigenvalue weighted by molar-refractivity contribution is 6.20. The molecule has 1 aromatic rings. The Morgan fingerprint density at radius 2 is 1.79 bits per heavy atom. The number of hydrogen-bond acceptors (Lipinski definition) is 1. The fraction of sp³-hybridized carbons (Fsp3) is 0.500. The first-order valence-corrected chi connectivity index (χ1v) is 5.47. The first-order chi connectivity index (χ1) is 6.63. The molecule has 1 rings (SSSR count). The summed E-state index contributed by atoms with van der Waals surface area (Å²) in [7, 11) is 4.09. The van der Waals surface area contributed by atoms with E-state index in [0.29, 0.717) is 0 Å². The van der Waals surface area contributed by atoms with E-state index in [1.165, 1.54) is 11.3 Å². The summed E-state index contributed by atoms with van der Waals surface area (Å²) >= 11 is 6.09. The molecule has 1 atom stereocenters. The standard InChI is InChI=1S/C12H18ClN/c1-4-11(13)9-10-5-7-12(8-6-10)14(2)3/h5-8,11H,4,9H2,1-3H3. The number of alkyl halides is 1. The Bertz CT molecular complexity index is 266. The Morgan fingerprint density at radius 1 is 1.21 bits per heavy atom. The highest BCUT2D eigenvalue weighted by atomic mass is 35.5. The minimum atomic E-state index is 0.264. The molecule has 1 nitrogen and oxygen atoms in total. The van der Waals surface area contributed by atoms with Gasteiger partial charge in [-0.15, -0.1) is 11.6 Å². The molecule has 0 bridgehead atoms. The van der Waals surface area contributed by atoms with Gasteiger partial charge in [0, 0.05) is 25.2 Å². The van der Waals surface area contributed by atoms with Crippen molar-refractivity contribution in [1.82, 2.24) is 0 Å². The van der Waals surface area contributed by atoms with E-state index < -0.39 is 0 Å². The largest absolute Gasteiger partial charge is 0.378 e. The molecular formula is C12H18ClN. The van der Waals surface area contributed by atoms with Crippen molar-refractivity contribution in [2.75, 3.05) is 19.0 Å². The normalized spacial score (nSPS) is 12.6. The highest BCUT2D eigenvalue weighted by Crippen LogP contribution is 2.15. The molecular weight excluding hydrogens is 194 g/mol. The van der Waals surface area contributed by atoms with Crippen molar-refractivity contribution in [2.24, 2.45) is 0 Å². The lowest BCUT2D eigenvalue weighted by Crippen LogP contribution is -2.08. The number of halogens is 1. The number of benzene rings is 1. The summed E-state index contributed by atoms with van der Waals surface area (Å²) in [5.74, 6) is 0. The van der Waals surface area contributed by atoms with Crippen LogP contribution in [-0.2, 0) is 6.42 Å². The van der Waals surface area contributed by atoms with E-state index in [0.717, 1.165) is 12.8 Å². The summed E-state index contributed by atoms with van der Waals surface area (Å²) in [4.78, 5) is 2.10. The molecule has 0 aliphatic rings. The molecule has 0 radical (unpaired) electrons. The van der Waals surface area contributed by atoms with E-state index in [1.807, 2.05) is 14.1 Å². The van der Waals surface area contributed by atoms with Crippen molar-refractivity contribution in [3.05, 3.63) is 29.8 Å². The maximum atomic E-state index is 6.09. The molecule has 1 unspecified atom stereocenters. The third kappa shape index (κ3) is 3.22. The van der Waals surface area contributed by atoms with Crippen LogP contribution >= 0.6 is 11.6 Å². The smallest absolute Gasteiger partial charge is 0.0373 e. The molecule has 0 aromatic heterocycles. The van der Waals surface area contributed by atoms with Crippen LogP contribution < -0.4 is 4.90 Å². The second-order valence-electron chi connectivity index (χ2n) is 3.77. The van der Waals surface area contributed by atoms with Crippen LogP contribution in [0.1, 0.15) is 18.9 Å². The minimum absolute atomic E-state index is 0.264. The second kappa shape index (κ2) is 5.26. The molecule has 0 saturated heterocycles. The van der Waals surface area contributed by atoms with Crippen LogP contribution in [0.5, 0.6) is 0 Å². The van der Waals surface area contributed by atoms with Crippen LogP contribution in [-0.4, -0.2) is 19.5 Å². The summed E-state index contributed by atoms with van der Waals surface area (Å²) in [6.07, 6.45) is 1.99. The summed E-state index contributed by atoms with van der Waals surface area (Å²) in [6, 6.07) is 8.57. The quantitative estimate of drug-likeness (QED) is 0.691. The molecule has 0 fully saturated rings. The van der Waals surface area contributed by atoms with Gasteiger partial charge < -0.3 is 4.90 Å². The average Bonchev–Trinajstić information content (AvgIpc) is 2.18. The van der Waals surface area contributed by atoms with Crippen molar-refractivity contribution in [3.63, 3.8) is 0 Å².